The van der Waals surface area contributed by atoms with E-state index in [9.17, 15) is 14.9 Å². The Hall–Kier alpha value is -2.91. The van der Waals surface area contributed by atoms with E-state index in [1.807, 2.05) is 0 Å². The van der Waals surface area contributed by atoms with Crippen LogP contribution in [0.15, 0.2) is 52.1 Å². The number of anilines is 1. The molecule has 1 N–H and O–H groups in total. The summed E-state index contributed by atoms with van der Waals surface area (Å²) < 4.78 is 5.51. The normalized spacial score (nSPS) is 10.6. The highest BCUT2D eigenvalue weighted by Crippen LogP contribution is 2.27. The Bertz CT molecular complexity index is 1010. The zero-order valence-electron chi connectivity index (χ0n) is 14.0. The average molecular weight is 405 g/mol. The number of thioether (sulfide) groups is 1. The molecule has 1 amide bonds. The van der Waals surface area contributed by atoms with Gasteiger partial charge in [0.15, 0.2) is 0 Å². The number of hydrogen-bond acceptors (Lipinski definition) is 7. The fraction of sp³-hybridized carbons (Fsp3) is 0.118. The van der Waals surface area contributed by atoms with Crippen molar-refractivity contribution in [3.8, 4) is 11.5 Å². The van der Waals surface area contributed by atoms with Crippen molar-refractivity contribution in [2.75, 3.05) is 11.1 Å². The molecule has 0 spiro atoms. The standard InChI is InChI=1S/C17H13ClN4O4S/c1-10-13(6-3-7-14(10)22(24)25)19-15(23)9-27-17-21-20-16(26-17)11-4-2-5-12(18)8-11/h2-8H,9H2,1H3,(H,19,23). The largest absolute Gasteiger partial charge is 0.411 e. The number of nitrogens with zero attached hydrogens (tertiary/aromatic N) is 3. The van der Waals surface area contributed by atoms with Crippen molar-refractivity contribution in [2.24, 2.45) is 0 Å². The van der Waals surface area contributed by atoms with Gasteiger partial charge in [0.05, 0.1) is 21.9 Å². The molecule has 3 rings (SSSR count). The van der Waals surface area contributed by atoms with Crippen LogP contribution in [-0.4, -0.2) is 26.8 Å². The van der Waals surface area contributed by atoms with E-state index in [1.54, 1.807) is 37.3 Å². The van der Waals surface area contributed by atoms with E-state index in [1.165, 1.54) is 12.1 Å². The molecule has 0 atom stereocenters. The molecular formula is C17H13ClN4O4S. The summed E-state index contributed by atoms with van der Waals surface area (Å²) in [5.41, 5.74) is 1.41. The van der Waals surface area contributed by atoms with Gasteiger partial charge >= 0.3 is 0 Å². The Labute approximate surface area is 163 Å². The van der Waals surface area contributed by atoms with E-state index in [0.717, 1.165) is 11.8 Å². The van der Waals surface area contributed by atoms with Crippen molar-refractivity contribution >= 4 is 40.6 Å². The summed E-state index contributed by atoms with van der Waals surface area (Å²) >= 11 is 7.00. The molecule has 1 aromatic heterocycles. The highest BCUT2D eigenvalue weighted by molar-refractivity contribution is 7.99. The monoisotopic (exact) mass is 404 g/mol. The minimum Gasteiger partial charge on any atom is -0.411 e. The van der Waals surface area contributed by atoms with Crippen LogP contribution in [0.4, 0.5) is 11.4 Å². The van der Waals surface area contributed by atoms with Gasteiger partial charge in [-0.1, -0.05) is 35.5 Å². The molecule has 0 unspecified atom stereocenters. The van der Waals surface area contributed by atoms with E-state index in [-0.39, 0.29) is 22.6 Å². The molecule has 8 nitrogen and oxygen atoms in total. The number of halogens is 1. The summed E-state index contributed by atoms with van der Waals surface area (Å²) in [4.78, 5) is 22.6. The Kier molecular flexibility index (Phi) is 5.72. The molecule has 10 heteroatoms. The molecule has 0 aliphatic rings. The molecule has 0 bridgehead atoms. The van der Waals surface area contributed by atoms with Crippen molar-refractivity contribution in [1.82, 2.24) is 10.2 Å². The van der Waals surface area contributed by atoms with Crippen LogP contribution in [0.2, 0.25) is 5.02 Å². The van der Waals surface area contributed by atoms with E-state index in [4.69, 9.17) is 16.0 Å². The van der Waals surface area contributed by atoms with E-state index >= 15 is 0 Å². The lowest BCUT2D eigenvalue weighted by atomic mass is 10.1. The number of carbonyl (C=O) groups excluding carboxylic acids is 1. The van der Waals surface area contributed by atoms with Crippen molar-refractivity contribution in [3.63, 3.8) is 0 Å². The molecule has 0 saturated heterocycles. The fourth-order valence-electron chi connectivity index (χ4n) is 2.28. The van der Waals surface area contributed by atoms with Gasteiger partial charge in [-0.3, -0.25) is 14.9 Å². The van der Waals surface area contributed by atoms with Crippen molar-refractivity contribution in [3.05, 3.63) is 63.2 Å². The summed E-state index contributed by atoms with van der Waals surface area (Å²) in [6, 6.07) is 11.5. The van der Waals surface area contributed by atoms with Crippen LogP contribution in [0.1, 0.15) is 5.56 Å². The smallest absolute Gasteiger partial charge is 0.277 e. The third-order valence-corrected chi connectivity index (χ3v) is 4.63. The van der Waals surface area contributed by atoms with Crippen LogP contribution >= 0.6 is 23.4 Å². The number of benzene rings is 2. The summed E-state index contributed by atoms with van der Waals surface area (Å²) in [7, 11) is 0. The lowest BCUT2D eigenvalue weighted by molar-refractivity contribution is -0.385. The summed E-state index contributed by atoms with van der Waals surface area (Å²) in [6.45, 7) is 1.58. The first kappa shape index (κ1) is 18.9. The zero-order valence-corrected chi connectivity index (χ0v) is 15.6. The van der Waals surface area contributed by atoms with E-state index in [2.05, 4.69) is 15.5 Å². The molecule has 1 heterocycles. The molecule has 3 aromatic rings. The first-order chi connectivity index (χ1) is 12.9. The summed E-state index contributed by atoms with van der Waals surface area (Å²) in [6.07, 6.45) is 0. The topological polar surface area (TPSA) is 111 Å². The minimum absolute atomic E-state index is 0.0132. The van der Waals surface area contributed by atoms with Gasteiger partial charge in [-0.2, -0.15) is 0 Å². The first-order valence-electron chi connectivity index (χ1n) is 7.70. The maximum absolute atomic E-state index is 12.1. The lowest BCUT2D eigenvalue weighted by Gasteiger charge is -2.07. The van der Waals surface area contributed by atoms with Crippen LogP contribution in [-0.2, 0) is 4.79 Å². The minimum atomic E-state index is -0.491. The summed E-state index contributed by atoms with van der Waals surface area (Å²) in [5, 5.41) is 22.2. The van der Waals surface area contributed by atoms with Crippen LogP contribution in [0, 0.1) is 17.0 Å². The van der Waals surface area contributed by atoms with Crippen LogP contribution in [0.3, 0.4) is 0 Å². The van der Waals surface area contributed by atoms with Crippen LogP contribution in [0.5, 0.6) is 0 Å². The van der Waals surface area contributed by atoms with Gasteiger partial charge in [0.1, 0.15) is 0 Å². The van der Waals surface area contributed by atoms with E-state index < -0.39 is 4.92 Å². The molecule has 2 aromatic carbocycles. The fourth-order valence-corrected chi connectivity index (χ4v) is 3.03. The SMILES string of the molecule is Cc1c(NC(=O)CSc2nnc(-c3cccc(Cl)c3)o2)cccc1[N+](=O)[O-]. The average Bonchev–Trinajstić information content (AvgIpc) is 3.10. The molecule has 0 radical (unpaired) electrons. The Morgan fingerprint density at radius 2 is 2.07 bits per heavy atom. The van der Waals surface area contributed by atoms with E-state index in [0.29, 0.717) is 27.7 Å². The lowest BCUT2D eigenvalue weighted by Crippen LogP contribution is -2.15. The molecule has 0 aliphatic heterocycles. The molecule has 0 aliphatic carbocycles. The van der Waals surface area contributed by atoms with Crippen molar-refractivity contribution in [1.29, 1.82) is 0 Å². The Balaban J connectivity index is 1.62. The van der Waals surface area contributed by atoms with Crippen molar-refractivity contribution in [2.45, 2.75) is 12.1 Å². The van der Waals surface area contributed by atoms with Crippen LogP contribution < -0.4 is 5.32 Å². The molecule has 27 heavy (non-hydrogen) atoms. The number of nitro benzene ring substituents is 1. The van der Waals surface area contributed by atoms with Gasteiger partial charge in [0.25, 0.3) is 10.9 Å². The highest BCUT2D eigenvalue weighted by Gasteiger charge is 2.16. The highest BCUT2D eigenvalue weighted by atomic mass is 35.5. The Morgan fingerprint density at radius 3 is 2.81 bits per heavy atom. The molecular weight excluding hydrogens is 392 g/mol. The first-order valence-corrected chi connectivity index (χ1v) is 9.06. The number of carbonyl (C=O) groups is 1. The van der Waals surface area contributed by atoms with Gasteiger partial charge in [-0.15, -0.1) is 10.2 Å². The number of aromatic nitrogens is 2. The van der Waals surface area contributed by atoms with Crippen LogP contribution in [0.25, 0.3) is 11.5 Å². The van der Waals surface area contributed by atoms with Gasteiger partial charge in [0, 0.05) is 16.7 Å². The maximum Gasteiger partial charge on any atom is 0.277 e. The second-order valence-corrected chi connectivity index (χ2v) is 6.79. The maximum atomic E-state index is 12.1. The quantitative estimate of drug-likeness (QED) is 0.369. The number of nitrogens with one attached hydrogen (secondary N) is 1. The van der Waals surface area contributed by atoms with Gasteiger partial charge < -0.3 is 9.73 Å². The predicted octanol–water partition coefficient (Wildman–Crippen LogP) is 4.34. The molecule has 0 saturated carbocycles. The number of hydrogen-bond donors (Lipinski definition) is 1. The number of rotatable bonds is 6. The Morgan fingerprint density at radius 1 is 1.30 bits per heavy atom. The zero-order chi connectivity index (χ0) is 19.4. The summed E-state index contributed by atoms with van der Waals surface area (Å²) in [5.74, 6) is -0.0275. The van der Waals surface area contributed by atoms with Gasteiger partial charge in [-0.05, 0) is 31.2 Å². The van der Waals surface area contributed by atoms with Crippen molar-refractivity contribution < 1.29 is 14.1 Å². The molecule has 0 fully saturated rings. The third-order valence-electron chi connectivity index (χ3n) is 3.58. The molecule has 138 valence electrons. The second-order valence-electron chi connectivity index (χ2n) is 5.43. The second kappa shape index (κ2) is 8.19. The number of nitro groups is 1. The third kappa shape index (κ3) is 4.63. The number of amides is 1. The van der Waals surface area contributed by atoms with Gasteiger partial charge in [-0.25, -0.2) is 0 Å². The van der Waals surface area contributed by atoms with Gasteiger partial charge in [0.2, 0.25) is 11.8 Å². The predicted molar refractivity (Wildman–Crippen MR) is 102 cm³/mol.